The Morgan fingerprint density at radius 1 is 1.13 bits per heavy atom. The molecule has 0 spiro atoms. The normalized spacial score (nSPS) is 14.9. The molecular weight excluding hydrogens is 192 g/mol. The number of hydrogen-bond acceptors (Lipinski definition) is 3. The van der Waals surface area contributed by atoms with E-state index in [0.717, 1.165) is 6.42 Å². The fraction of sp³-hybridized carbons (Fsp3) is 0.500. The Kier molecular flexibility index (Phi) is 5.32. The van der Waals surface area contributed by atoms with Crippen molar-refractivity contribution < 1.29 is 14.9 Å². The van der Waals surface area contributed by atoms with E-state index >= 15 is 0 Å². The number of aryl methyl sites for hydroxylation is 1. The van der Waals surface area contributed by atoms with Crippen molar-refractivity contribution in [3.8, 4) is 0 Å². The zero-order valence-electron chi connectivity index (χ0n) is 8.97. The molecule has 1 aromatic rings. The van der Waals surface area contributed by atoms with Gasteiger partial charge in [0.05, 0.1) is 12.7 Å². The molecule has 2 atom stereocenters. The van der Waals surface area contributed by atoms with Crippen LogP contribution in [-0.4, -0.2) is 36.1 Å². The Morgan fingerprint density at radius 3 is 2.40 bits per heavy atom. The predicted molar refractivity (Wildman–Crippen MR) is 58.7 cm³/mol. The summed E-state index contributed by atoms with van der Waals surface area (Å²) in [5.74, 6) is 0. The van der Waals surface area contributed by atoms with Crippen molar-refractivity contribution in [2.45, 2.75) is 25.0 Å². The van der Waals surface area contributed by atoms with Gasteiger partial charge in [-0.3, -0.25) is 0 Å². The molecule has 1 aromatic carbocycles. The lowest BCUT2D eigenvalue weighted by molar-refractivity contribution is -0.0288. The van der Waals surface area contributed by atoms with Crippen molar-refractivity contribution in [1.29, 1.82) is 0 Å². The molecule has 2 unspecified atom stereocenters. The molecule has 3 nitrogen and oxygen atoms in total. The molecule has 0 aliphatic heterocycles. The Hall–Kier alpha value is -0.900. The third-order valence-corrected chi connectivity index (χ3v) is 2.35. The van der Waals surface area contributed by atoms with Crippen LogP contribution in [0.2, 0.25) is 0 Å². The molecule has 0 saturated heterocycles. The summed E-state index contributed by atoms with van der Waals surface area (Å²) >= 11 is 0. The van der Waals surface area contributed by atoms with E-state index in [-0.39, 0.29) is 6.61 Å². The van der Waals surface area contributed by atoms with Crippen molar-refractivity contribution in [3.05, 3.63) is 35.9 Å². The Bertz CT molecular complexity index is 261. The van der Waals surface area contributed by atoms with Crippen LogP contribution >= 0.6 is 0 Å². The number of methoxy groups -OCH3 is 1. The lowest BCUT2D eigenvalue weighted by Gasteiger charge is -2.16. The van der Waals surface area contributed by atoms with E-state index in [9.17, 15) is 10.2 Å². The second-order valence-electron chi connectivity index (χ2n) is 3.61. The van der Waals surface area contributed by atoms with Crippen LogP contribution in [0.15, 0.2) is 30.3 Å². The first-order valence-electron chi connectivity index (χ1n) is 5.13. The molecule has 0 amide bonds. The maximum Gasteiger partial charge on any atom is 0.103 e. The van der Waals surface area contributed by atoms with E-state index in [1.54, 1.807) is 0 Å². The zero-order chi connectivity index (χ0) is 11.1. The topological polar surface area (TPSA) is 49.7 Å². The lowest BCUT2D eigenvalue weighted by Crippen LogP contribution is -2.30. The lowest BCUT2D eigenvalue weighted by atomic mass is 10.0. The first-order chi connectivity index (χ1) is 7.24. The quantitative estimate of drug-likeness (QED) is 0.736. The highest BCUT2D eigenvalue weighted by atomic mass is 16.5. The fourth-order valence-corrected chi connectivity index (χ4v) is 1.43. The van der Waals surface area contributed by atoms with Crippen LogP contribution < -0.4 is 0 Å². The van der Waals surface area contributed by atoms with Gasteiger partial charge in [-0.15, -0.1) is 0 Å². The SMILES string of the molecule is COCC(O)C(O)CCc1ccccc1. The van der Waals surface area contributed by atoms with Crippen molar-refractivity contribution in [2.24, 2.45) is 0 Å². The summed E-state index contributed by atoms with van der Waals surface area (Å²) in [6.45, 7) is 0.177. The summed E-state index contributed by atoms with van der Waals surface area (Å²) in [7, 11) is 1.51. The van der Waals surface area contributed by atoms with Gasteiger partial charge in [0, 0.05) is 7.11 Å². The average Bonchev–Trinajstić information content (AvgIpc) is 2.27. The Labute approximate surface area is 90.3 Å². The molecule has 0 heterocycles. The van der Waals surface area contributed by atoms with Crippen molar-refractivity contribution in [2.75, 3.05) is 13.7 Å². The molecule has 0 aromatic heterocycles. The molecule has 0 aliphatic carbocycles. The van der Waals surface area contributed by atoms with Crippen molar-refractivity contribution >= 4 is 0 Å². The Morgan fingerprint density at radius 2 is 1.80 bits per heavy atom. The van der Waals surface area contributed by atoms with E-state index in [1.165, 1.54) is 12.7 Å². The van der Waals surface area contributed by atoms with Gasteiger partial charge in [0.2, 0.25) is 0 Å². The zero-order valence-corrected chi connectivity index (χ0v) is 8.97. The molecule has 3 heteroatoms. The van der Waals surface area contributed by atoms with Gasteiger partial charge in [-0.1, -0.05) is 30.3 Å². The minimum Gasteiger partial charge on any atom is -0.390 e. The number of aliphatic hydroxyl groups excluding tert-OH is 2. The van der Waals surface area contributed by atoms with Crippen molar-refractivity contribution in [1.82, 2.24) is 0 Å². The van der Waals surface area contributed by atoms with Gasteiger partial charge in [0.1, 0.15) is 6.10 Å². The van der Waals surface area contributed by atoms with Gasteiger partial charge in [-0.05, 0) is 18.4 Å². The number of benzene rings is 1. The summed E-state index contributed by atoms with van der Waals surface area (Å²) in [5, 5.41) is 19.0. The third-order valence-electron chi connectivity index (χ3n) is 2.35. The van der Waals surface area contributed by atoms with Crippen LogP contribution in [0.5, 0.6) is 0 Å². The molecule has 84 valence electrons. The molecule has 0 saturated carbocycles. The van der Waals surface area contributed by atoms with Gasteiger partial charge in [0.15, 0.2) is 0 Å². The van der Waals surface area contributed by atoms with E-state index in [4.69, 9.17) is 4.74 Å². The molecule has 0 bridgehead atoms. The van der Waals surface area contributed by atoms with E-state index in [1.807, 2.05) is 30.3 Å². The second-order valence-corrected chi connectivity index (χ2v) is 3.61. The standard InChI is InChI=1S/C12H18O3/c1-15-9-12(14)11(13)8-7-10-5-3-2-4-6-10/h2-6,11-14H,7-9H2,1H3. The number of ether oxygens (including phenoxy) is 1. The first kappa shape index (κ1) is 12.2. The van der Waals surface area contributed by atoms with Crippen LogP contribution in [0.4, 0.5) is 0 Å². The average molecular weight is 210 g/mol. The van der Waals surface area contributed by atoms with Gasteiger partial charge in [-0.2, -0.15) is 0 Å². The fourth-order valence-electron chi connectivity index (χ4n) is 1.43. The van der Waals surface area contributed by atoms with Crippen LogP contribution in [0, 0.1) is 0 Å². The maximum atomic E-state index is 9.58. The van der Waals surface area contributed by atoms with E-state index < -0.39 is 12.2 Å². The monoisotopic (exact) mass is 210 g/mol. The van der Waals surface area contributed by atoms with Gasteiger partial charge >= 0.3 is 0 Å². The van der Waals surface area contributed by atoms with Crippen LogP contribution in [0.1, 0.15) is 12.0 Å². The first-order valence-corrected chi connectivity index (χ1v) is 5.13. The highest BCUT2D eigenvalue weighted by Gasteiger charge is 2.15. The highest BCUT2D eigenvalue weighted by molar-refractivity contribution is 5.14. The number of rotatable bonds is 6. The summed E-state index contributed by atoms with van der Waals surface area (Å²) < 4.78 is 4.77. The van der Waals surface area contributed by atoms with Gasteiger partial charge in [-0.25, -0.2) is 0 Å². The largest absolute Gasteiger partial charge is 0.390 e. The summed E-state index contributed by atoms with van der Waals surface area (Å²) in [6.07, 6.45) is -0.194. The minimum atomic E-state index is -0.793. The molecule has 15 heavy (non-hydrogen) atoms. The molecule has 0 aliphatic rings. The molecular formula is C12H18O3. The molecule has 1 rings (SSSR count). The molecule has 0 radical (unpaired) electrons. The smallest absolute Gasteiger partial charge is 0.103 e. The van der Waals surface area contributed by atoms with Gasteiger partial charge in [0.25, 0.3) is 0 Å². The summed E-state index contributed by atoms with van der Waals surface area (Å²) in [5.41, 5.74) is 1.17. The third kappa shape index (κ3) is 4.42. The van der Waals surface area contributed by atoms with E-state index in [0.29, 0.717) is 6.42 Å². The van der Waals surface area contributed by atoms with Crippen LogP contribution in [0.25, 0.3) is 0 Å². The molecule has 2 N–H and O–H groups in total. The summed E-state index contributed by atoms with van der Waals surface area (Å²) in [6, 6.07) is 9.91. The van der Waals surface area contributed by atoms with Crippen molar-refractivity contribution in [3.63, 3.8) is 0 Å². The molecule has 0 fully saturated rings. The van der Waals surface area contributed by atoms with Gasteiger partial charge < -0.3 is 14.9 Å². The highest BCUT2D eigenvalue weighted by Crippen LogP contribution is 2.07. The maximum absolute atomic E-state index is 9.58. The second kappa shape index (κ2) is 6.56. The van der Waals surface area contributed by atoms with E-state index in [2.05, 4.69) is 0 Å². The number of hydrogen-bond donors (Lipinski definition) is 2. The van der Waals surface area contributed by atoms with Crippen LogP contribution in [0.3, 0.4) is 0 Å². The minimum absolute atomic E-state index is 0.177. The van der Waals surface area contributed by atoms with Crippen LogP contribution in [-0.2, 0) is 11.2 Å². The number of aliphatic hydroxyl groups is 2. The summed E-state index contributed by atoms with van der Waals surface area (Å²) in [4.78, 5) is 0. The Balaban J connectivity index is 2.31. The predicted octanol–water partition coefficient (Wildman–Crippen LogP) is 0.987.